The fourth-order valence-corrected chi connectivity index (χ4v) is 2.44. The van der Waals surface area contributed by atoms with Gasteiger partial charge in [0.25, 0.3) is 0 Å². The normalized spacial score (nSPS) is 25.5. The molecule has 1 aliphatic carbocycles. The lowest BCUT2D eigenvalue weighted by Gasteiger charge is -2.37. The van der Waals surface area contributed by atoms with Gasteiger partial charge in [0.2, 0.25) is 0 Å². The molecule has 2 amide bonds. The van der Waals surface area contributed by atoms with E-state index in [0.29, 0.717) is 12.0 Å². The van der Waals surface area contributed by atoms with Crippen LogP contribution >= 0.6 is 12.4 Å². The molecule has 3 nitrogen and oxygen atoms in total. The highest BCUT2D eigenvalue weighted by molar-refractivity contribution is 5.85. The van der Waals surface area contributed by atoms with Gasteiger partial charge in [-0.3, -0.25) is 0 Å². The fraction of sp³-hybridized carbons (Fsp3) is 0.909. The molecule has 0 aliphatic heterocycles. The van der Waals surface area contributed by atoms with E-state index in [9.17, 15) is 4.79 Å². The minimum absolute atomic E-state index is 0. The summed E-state index contributed by atoms with van der Waals surface area (Å²) >= 11 is 0. The third-order valence-corrected chi connectivity index (χ3v) is 3.21. The van der Waals surface area contributed by atoms with Crippen LogP contribution in [-0.4, -0.2) is 23.5 Å². The molecule has 1 fully saturated rings. The van der Waals surface area contributed by atoms with Gasteiger partial charge in [-0.25, -0.2) is 4.79 Å². The first-order chi connectivity index (χ1) is 6.66. The summed E-state index contributed by atoms with van der Waals surface area (Å²) < 4.78 is 0. The summed E-state index contributed by atoms with van der Waals surface area (Å²) in [7, 11) is 0. The number of rotatable bonds is 3. The summed E-state index contributed by atoms with van der Waals surface area (Å²) in [6.07, 6.45) is 5.90. The van der Waals surface area contributed by atoms with Crippen LogP contribution in [0.1, 0.15) is 46.0 Å². The maximum Gasteiger partial charge on any atom is 0.315 e. The highest BCUT2D eigenvalue weighted by Gasteiger charge is 2.28. The largest absolute Gasteiger partial charge is 0.351 e. The van der Waals surface area contributed by atoms with Crippen molar-refractivity contribution in [3.8, 4) is 0 Å². The van der Waals surface area contributed by atoms with Crippen molar-refractivity contribution in [3.05, 3.63) is 0 Å². The van der Waals surface area contributed by atoms with Gasteiger partial charge >= 0.3 is 6.03 Å². The van der Waals surface area contributed by atoms with Crippen molar-refractivity contribution in [1.29, 1.82) is 0 Å². The van der Waals surface area contributed by atoms with E-state index < -0.39 is 0 Å². The first-order valence-electron chi connectivity index (χ1n) is 5.73. The number of nitrogens with zero attached hydrogens (tertiary/aromatic N) is 1. The molecule has 0 spiro atoms. The summed E-state index contributed by atoms with van der Waals surface area (Å²) in [5.41, 5.74) is 5.40. The van der Waals surface area contributed by atoms with Crippen molar-refractivity contribution >= 4 is 18.4 Å². The molecule has 0 saturated heterocycles. The highest BCUT2D eigenvalue weighted by atomic mass is 35.5. The molecule has 4 heteroatoms. The van der Waals surface area contributed by atoms with Gasteiger partial charge in [0.1, 0.15) is 0 Å². The summed E-state index contributed by atoms with van der Waals surface area (Å²) in [5.74, 6) is 0.614. The van der Waals surface area contributed by atoms with E-state index in [-0.39, 0.29) is 18.4 Å². The van der Waals surface area contributed by atoms with E-state index in [1.807, 2.05) is 4.90 Å². The van der Waals surface area contributed by atoms with Crippen LogP contribution in [0, 0.1) is 5.92 Å². The number of hydrogen-bond donors (Lipinski definition) is 1. The predicted octanol–water partition coefficient (Wildman–Crippen LogP) is 2.78. The molecule has 0 bridgehead atoms. The van der Waals surface area contributed by atoms with Gasteiger partial charge in [0.05, 0.1) is 0 Å². The van der Waals surface area contributed by atoms with E-state index in [1.165, 1.54) is 19.3 Å². The second-order valence-corrected chi connectivity index (χ2v) is 4.36. The quantitative estimate of drug-likeness (QED) is 0.802. The third kappa shape index (κ3) is 3.90. The number of urea groups is 1. The monoisotopic (exact) mass is 234 g/mol. The molecule has 0 radical (unpaired) electrons. The van der Waals surface area contributed by atoms with Crippen LogP contribution in [0.2, 0.25) is 0 Å². The van der Waals surface area contributed by atoms with Crippen LogP contribution in [0.3, 0.4) is 0 Å². The third-order valence-electron chi connectivity index (χ3n) is 3.21. The first kappa shape index (κ1) is 14.6. The van der Waals surface area contributed by atoms with Crippen molar-refractivity contribution in [1.82, 2.24) is 4.90 Å². The van der Waals surface area contributed by atoms with Gasteiger partial charge in [-0.1, -0.05) is 26.7 Å². The topological polar surface area (TPSA) is 46.3 Å². The molecular weight excluding hydrogens is 212 g/mol. The number of halogens is 1. The van der Waals surface area contributed by atoms with Crippen molar-refractivity contribution in [2.75, 3.05) is 6.54 Å². The molecule has 2 atom stereocenters. The average molecular weight is 235 g/mol. The maximum atomic E-state index is 11.3. The van der Waals surface area contributed by atoms with Crippen molar-refractivity contribution in [2.45, 2.75) is 52.0 Å². The molecule has 2 N–H and O–H groups in total. The molecule has 2 unspecified atom stereocenters. The lowest BCUT2D eigenvalue weighted by atomic mass is 9.85. The van der Waals surface area contributed by atoms with Gasteiger partial charge in [-0.05, 0) is 25.2 Å². The highest BCUT2D eigenvalue weighted by Crippen LogP contribution is 2.27. The van der Waals surface area contributed by atoms with Gasteiger partial charge < -0.3 is 10.6 Å². The summed E-state index contributed by atoms with van der Waals surface area (Å²) in [6.45, 7) is 5.13. The second-order valence-electron chi connectivity index (χ2n) is 4.36. The SMILES string of the molecule is CCCN(C(N)=O)C1CCCCC1C.Cl. The van der Waals surface area contributed by atoms with Gasteiger partial charge in [0, 0.05) is 12.6 Å². The Hall–Kier alpha value is -0.440. The molecule has 1 saturated carbocycles. The van der Waals surface area contributed by atoms with Gasteiger partial charge in [0.15, 0.2) is 0 Å². The van der Waals surface area contributed by atoms with Gasteiger partial charge in [-0.15, -0.1) is 12.4 Å². The van der Waals surface area contributed by atoms with Crippen LogP contribution in [0.15, 0.2) is 0 Å². The van der Waals surface area contributed by atoms with E-state index in [0.717, 1.165) is 19.4 Å². The predicted molar refractivity (Wildman–Crippen MR) is 65.2 cm³/mol. The van der Waals surface area contributed by atoms with Crippen LogP contribution < -0.4 is 5.73 Å². The van der Waals surface area contributed by atoms with E-state index in [1.54, 1.807) is 0 Å². The lowest BCUT2D eigenvalue weighted by molar-refractivity contribution is 0.132. The Kier molecular flexibility index (Phi) is 6.73. The molecule has 0 aromatic carbocycles. The smallest absolute Gasteiger partial charge is 0.315 e. The molecule has 0 aromatic rings. The Morgan fingerprint density at radius 1 is 1.40 bits per heavy atom. The molecular formula is C11H23ClN2O. The second kappa shape index (κ2) is 6.94. The van der Waals surface area contributed by atoms with Crippen LogP contribution in [-0.2, 0) is 0 Å². The Morgan fingerprint density at radius 3 is 2.47 bits per heavy atom. The summed E-state index contributed by atoms with van der Waals surface area (Å²) in [6, 6.07) is 0.145. The molecule has 0 aromatic heterocycles. The Morgan fingerprint density at radius 2 is 2.00 bits per heavy atom. The molecule has 90 valence electrons. The van der Waals surface area contributed by atoms with Crippen molar-refractivity contribution in [3.63, 3.8) is 0 Å². The standard InChI is InChI=1S/C11H22N2O.ClH/c1-3-8-13(11(12)14)10-7-5-4-6-9(10)2;/h9-10H,3-8H2,1-2H3,(H2,12,14);1H. The van der Waals surface area contributed by atoms with E-state index in [2.05, 4.69) is 13.8 Å². The van der Waals surface area contributed by atoms with E-state index >= 15 is 0 Å². The number of primary amides is 1. The maximum absolute atomic E-state index is 11.3. The molecule has 1 rings (SSSR count). The lowest BCUT2D eigenvalue weighted by Crippen LogP contribution is -2.48. The number of carbonyl (C=O) groups is 1. The van der Waals surface area contributed by atoms with E-state index in [4.69, 9.17) is 5.73 Å². The van der Waals surface area contributed by atoms with Gasteiger partial charge in [-0.2, -0.15) is 0 Å². The van der Waals surface area contributed by atoms with Crippen LogP contribution in [0.5, 0.6) is 0 Å². The van der Waals surface area contributed by atoms with Crippen LogP contribution in [0.25, 0.3) is 0 Å². The minimum Gasteiger partial charge on any atom is -0.351 e. The number of amides is 2. The van der Waals surface area contributed by atoms with Crippen LogP contribution in [0.4, 0.5) is 4.79 Å². The zero-order chi connectivity index (χ0) is 10.6. The molecule has 1 aliphatic rings. The number of hydrogen-bond acceptors (Lipinski definition) is 1. The van der Waals surface area contributed by atoms with Crippen molar-refractivity contribution < 1.29 is 4.79 Å². The average Bonchev–Trinajstić information content (AvgIpc) is 2.15. The Balaban J connectivity index is 0.00000196. The molecule has 15 heavy (non-hydrogen) atoms. The zero-order valence-electron chi connectivity index (χ0n) is 9.74. The summed E-state index contributed by atoms with van der Waals surface area (Å²) in [5, 5.41) is 0. The summed E-state index contributed by atoms with van der Waals surface area (Å²) in [4.78, 5) is 13.1. The number of nitrogens with two attached hydrogens (primary N) is 1. The Labute approximate surface area is 98.8 Å². The van der Waals surface area contributed by atoms with Crippen molar-refractivity contribution in [2.24, 2.45) is 11.7 Å². The first-order valence-corrected chi connectivity index (χ1v) is 5.73. The molecule has 0 heterocycles. The zero-order valence-corrected chi connectivity index (χ0v) is 10.6. The number of carbonyl (C=O) groups excluding carboxylic acids is 1. The Bertz CT molecular complexity index is 199. The minimum atomic E-state index is -0.245. The fourth-order valence-electron chi connectivity index (χ4n) is 2.44.